The van der Waals surface area contributed by atoms with Crippen LogP contribution in [0.2, 0.25) is 0 Å². The first-order valence-corrected chi connectivity index (χ1v) is 4.80. The molecular weight excluding hydrogens is 180 g/mol. The molecule has 76 valence electrons. The summed E-state index contributed by atoms with van der Waals surface area (Å²) in [5.74, 6) is 1.51. The first kappa shape index (κ1) is 9.34. The van der Waals surface area contributed by atoms with E-state index in [9.17, 15) is 5.11 Å². The molecule has 0 spiro atoms. The number of rotatable bonds is 1. The Balaban J connectivity index is 2.38. The Morgan fingerprint density at radius 2 is 2.36 bits per heavy atom. The highest BCUT2D eigenvalue weighted by molar-refractivity contribution is 5.42. The summed E-state index contributed by atoms with van der Waals surface area (Å²) in [5.41, 5.74) is 0.864. The van der Waals surface area contributed by atoms with Crippen LogP contribution in [-0.4, -0.2) is 18.8 Å². The van der Waals surface area contributed by atoms with Crippen LogP contribution < -0.4 is 9.47 Å². The largest absolute Gasteiger partial charge is 0.497 e. The van der Waals surface area contributed by atoms with Crippen LogP contribution in [0.25, 0.3) is 0 Å². The molecule has 0 saturated carbocycles. The molecule has 14 heavy (non-hydrogen) atoms. The first-order chi connectivity index (χ1) is 6.81. The number of aliphatic hydroxyl groups excluding tert-OH is 1. The van der Waals surface area contributed by atoms with E-state index in [4.69, 9.17) is 9.47 Å². The summed E-state index contributed by atoms with van der Waals surface area (Å²) in [7, 11) is 1.62. The predicted molar refractivity (Wildman–Crippen MR) is 52.7 cm³/mol. The van der Waals surface area contributed by atoms with E-state index in [1.807, 2.05) is 18.2 Å². The van der Waals surface area contributed by atoms with Gasteiger partial charge in [0, 0.05) is 11.6 Å². The van der Waals surface area contributed by atoms with Gasteiger partial charge in [0.1, 0.15) is 11.5 Å². The molecule has 0 aromatic heterocycles. The number of hydrogen-bond donors (Lipinski definition) is 1. The molecule has 0 radical (unpaired) electrons. The van der Waals surface area contributed by atoms with Crippen molar-refractivity contribution in [3.8, 4) is 11.5 Å². The maximum Gasteiger partial charge on any atom is 0.128 e. The molecule has 0 aliphatic carbocycles. The Hall–Kier alpha value is -1.22. The van der Waals surface area contributed by atoms with Crippen LogP contribution >= 0.6 is 0 Å². The standard InChI is InChI=1S/C11H14O3/c1-13-8-4-5-9-10(12)3-2-6-14-11(9)7-8/h4-5,7,10,12H,2-3,6H2,1H3/t10-/m0/s1. The minimum absolute atomic E-state index is 0.404. The second-order valence-electron chi connectivity index (χ2n) is 3.41. The summed E-state index contributed by atoms with van der Waals surface area (Å²) in [5, 5.41) is 9.78. The van der Waals surface area contributed by atoms with E-state index >= 15 is 0 Å². The van der Waals surface area contributed by atoms with Crippen molar-refractivity contribution in [2.24, 2.45) is 0 Å². The molecule has 1 aromatic carbocycles. The monoisotopic (exact) mass is 194 g/mol. The number of fused-ring (bicyclic) bond motifs is 1. The van der Waals surface area contributed by atoms with E-state index in [1.165, 1.54) is 0 Å². The zero-order valence-electron chi connectivity index (χ0n) is 8.19. The molecule has 1 heterocycles. The van der Waals surface area contributed by atoms with Gasteiger partial charge in [0.05, 0.1) is 19.8 Å². The SMILES string of the molecule is COc1ccc2c(c1)OCCC[C@@H]2O. The molecule has 1 aromatic rings. The maximum atomic E-state index is 9.78. The van der Waals surface area contributed by atoms with E-state index in [-0.39, 0.29) is 0 Å². The molecular formula is C11H14O3. The van der Waals surface area contributed by atoms with Gasteiger partial charge in [-0.25, -0.2) is 0 Å². The van der Waals surface area contributed by atoms with Crippen LogP contribution in [0.1, 0.15) is 24.5 Å². The molecule has 1 aliphatic rings. The van der Waals surface area contributed by atoms with Crippen LogP contribution in [0.5, 0.6) is 11.5 Å². The van der Waals surface area contributed by atoms with Gasteiger partial charge in [0.25, 0.3) is 0 Å². The Bertz CT molecular complexity index is 322. The lowest BCUT2D eigenvalue weighted by atomic mass is 10.1. The van der Waals surface area contributed by atoms with E-state index in [0.29, 0.717) is 6.61 Å². The van der Waals surface area contributed by atoms with E-state index in [1.54, 1.807) is 7.11 Å². The predicted octanol–water partition coefficient (Wildman–Crippen LogP) is 1.90. The molecule has 2 rings (SSSR count). The van der Waals surface area contributed by atoms with Crippen LogP contribution in [0, 0.1) is 0 Å². The van der Waals surface area contributed by atoms with Crippen molar-refractivity contribution in [2.45, 2.75) is 18.9 Å². The molecule has 1 N–H and O–H groups in total. The van der Waals surface area contributed by atoms with Crippen LogP contribution in [0.15, 0.2) is 18.2 Å². The number of aliphatic hydroxyl groups is 1. The molecule has 0 amide bonds. The van der Waals surface area contributed by atoms with Gasteiger partial charge < -0.3 is 14.6 Å². The third-order valence-corrected chi connectivity index (χ3v) is 2.46. The highest BCUT2D eigenvalue weighted by Gasteiger charge is 2.17. The highest BCUT2D eigenvalue weighted by atomic mass is 16.5. The molecule has 0 saturated heterocycles. The summed E-state index contributed by atoms with van der Waals surface area (Å²) >= 11 is 0. The van der Waals surface area contributed by atoms with Crippen molar-refractivity contribution < 1.29 is 14.6 Å². The minimum Gasteiger partial charge on any atom is -0.497 e. The van der Waals surface area contributed by atoms with E-state index in [0.717, 1.165) is 29.9 Å². The molecule has 1 atom stereocenters. The quantitative estimate of drug-likeness (QED) is 0.742. The Kier molecular flexibility index (Phi) is 2.59. The summed E-state index contributed by atoms with van der Waals surface area (Å²) in [6, 6.07) is 5.53. The van der Waals surface area contributed by atoms with Gasteiger partial charge in [0.15, 0.2) is 0 Å². The fourth-order valence-corrected chi connectivity index (χ4v) is 1.66. The highest BCUT2D eigenvalue weighted by Crippen LogP contribution is 2.33. The van der Waals surface area contributed by atoms with Crippen LogP contribution in [-0.2, 0) is 0 Å². The third kappa shape index (κ3) is 1.68. The number of hydrogen-bond acceptors (Lipinski definition) is 3. The molecule has 1 aliphatic heterocycles. The third-order valence-electron chi connectivity index (χ3n) is 2.46. The van der Waals surface area contributed by atoms with E-state index < -0.39 is 6.10 Å². The first-order valence-electron chi connectivity index (χ1n) is 4.80. The van der Waals surface area contributed by atoms with Crippen molar-refractivity contribution in [2.75, 3.05) is 13.7 Å². The van der Waals surface area contributed by atoms with Crippen molar-refractivity contribution in [3.05, 3.63) is 23.8 Å². The van der Waals surface area contributed by atoms with Gasteiger partial charge in [-0.1, -0.05) is 0 Å². The summed E-state index contributed by atoms with van der Waals surface area (Å²) in [6.07, 6.45) is 1.25. The second-order valence-corrected chi connectivity index (χ2v) is 3.41. The average Bonchev–Trinajstić information content (AvgIpc) is 2.40. The molecule has 0 unspecified atom stereocenters. The number of benzene rings is 1. The second kappa shape index (κ2) is 3.88. The lowest BCUT2D eigenvalue weighted by Crippen LogP contribution is -1.96. The summed E-state index contributed by atoms with van der Waals surface area (Å²) in [4.78, 5) is 0. The van der Waals surface area contributed by atoms with Gasteiger partial charge in [-0.3, -0.25) is 0 Å². The number of methoxy groups -OCH3 is 1. The van der Waals surface area contributed by atoms with Crippen molar-refractivity contribution in [1.82, 2.24) is 0 Å². The van der Waals surface area contributed by atoms with Crippen molar-refractivity contribution in [3.63, 3.8) is 0 Å². The van der Waals surface area contributed by atoms with Gasteiger partial charge in [-0.15, -0.1) is 0 Å². The van der Waals surface area contributed by atoms with Crippen molar-refractivity contribution in [1.29, 1.82) is 0 Å². The maximum absolute atomic E-state index is 9.78. The van der Waals surface area contributed by atoms with Gasteiger partial charge >= 0.3 is 0 Å². The molecule has 0 bridgehead atoms. The van der Waals surface area contributed by atoms with Crippen LogP contribution in [0.3, 0.4) is 0 Å². The summed E-state index contributed by atoms with van der Waals surface area (Å²) in [6.45, 7) is 0.664. The van der Waals surface area contributed by atoms with Gasteiger partial charge in [-0.2, -0.15) is 0 Å². The molecule has 0 fully saturated rings. The minimum atomic E-state index is -0.404. The Labute approximate surface area is 83.3 Å². The fraction of sp³-hybridized carbons (Fsp3) is 0.455. The zero-order chi connectivity index (χ0) is 9.97. The van der Waals surface area contributed by atoms with E-state index in [2.05, 4.69) is 0 Å². The molecule has 3 heteroatoms. The molecule has 3 nitrogen and oxygen atoms in total. The van der Waals surface area contributed by atoms with Crippen molar-refractivity contribution >= 4 is 0 Å². The van der Waals surface area contributed by atoms with Crippen LogP contribution in [0.4, 0.5) is 0 Å². The topological polar surface area (TPSA) is 38.7 Å². The Morgan fingerprint density at radius 1 is 1.50 bits per heavy atom. The van der Waals surface area contributed by atoms with Gasteiger partial charge in [0.2, 0.25) is 0 Å². The smallest absolute Gasteiger partial charge is 0.128 e. The average molecular weight is 194 g/mol. The lowest BCUT2D eigenvalue weighted by molar-refractivity contribution is 0.167. The van der Waals surface area contributed by atoms with Gasteiger partial charge in [-0.05, 0) is 25.0 Å². The lowest BCUT2D eigenvalue weighted by Gasteiger charge is -2.11. The normalized spacial score (nSPS) is 20.6. The zero-order valence-corrected chi connectivity index (χ0v) is 8.19. The fourth-order valence-electron chi connectivity index (χ4n) is 1.66. The number of ether oxygens (including phenoxy) is 2. The summed E-state index contributed by atoms with van der Waals surface area (Å²) < 4.78 is 10.6. The Morgan fingerprint density at radius 3 is 3.14 bits per heavy atom.